The minimum atomic E-state index is -0.878. The van der Waals surface area contributed by atoms with Crippen LogP contribution >= 0.6 is 0 Å². The molecule has 4 amide bonds. The summed E-state index contributed by atoms with van der Waals surface area (Å²) in [6.07, 6.45) is 3.84. The first-order chi connectivity index (χ1) is 17.6. The molecule has 5 aliphatic rings. The van der Waals surface area contributed by atoms with Gasteiger partial charge in [0.25, 0.3) is 0 Å². The fraction of sp³-hybridized carbons (Fsp3) is 0.821. The highest BCUT2D eigenvalue weighted by Gasteiger charge is 2.70. The van der Waals surface area contributed by atoms with Gasteiger partial charge in [-0.15, -0.1) is 0 Å². The molecule has 2 aliphatic heterocycles. The average Bonchev–Trinajstić information content (AvgIpc) is 3.73. The highest BCUT2D eigenvalue weighted by Crippen LogP contribution is 2.65. The van der Waals surface area contributed by atoms with Gasteiger partial charge >= 0.3 is 6.09 Å². The van der Waals surface area contributed by atoms with Gasteiger partial charge in [-0.3, -0.25) is 14.4 Å². The number of hydrogen-bond acceptors (Lipinski definition) is 6. The molecule has 0 aromatic rings. The number of rotatable bonds is 7. The number of nitrogens with one attached hydrogen (secondary N) is 3. The van der Waals surface area contributed by atoms with Crippen LogP contribution in [0, 0.1) is 39.9 Å². The molecule has 6 unspecified atom stereocenters. The lowest BCUT2D eigenvalue weighted by Crippen LogP contribution is -2.60. The number of alkyl carbamates (subject to hydrolysis) is 1. The maximum absolute atomic E-state index is 13.9. The van der Waals surface area contributed by atoms with Gasteiger partial charge in [-0.2, -0.15) is 5.26 Å². The Morgan fingerprint density at radius 2 is 1.82 bits per heavy atom. The van der Waals surface area contributed by atoms with E-state index in [9.17, 15) is 24.4 Å². The van der Waals surface area contributed by atoms with Crippen LogP contribution in [0.5, 0.6) is 0 Å². The number of piperidine rings is 1. The summed E-state index contributed by atoms with van der Waals surface area (Å²) in [7, 11) is 0. The third kappa shape index (κ3) is 4.85. The molecular weight excluding hydrogens is 486 g/mol. The Hall–Kier alpha value is -2.83. The van der Waals surface area contributed by atoms with Crippen molar-refractivity contribution in [2.45, 2.75) is 109 Å². The Labute approximate surface area is 224 Å². The normalized spacial score (nSPS) is 32.3. The number of ether oxygens (including phenoxy) is 1. The number of carbonyl (C=O) groups is 4. The summed E-state index contributed by atoms with van der Waals surface area (Å²) in [6.45, 7) is 12.1. The van der Waals surface area contributed by atoms with Gasteiger partial charge in [0, 0.05) is 18.0 Å². The first-order valence-corrected chi connectivity index (χ1v) is 13.9. The second-order valence-corrected chi connectivity index (χ2v) is 14.3. The molecule has 1 spiro atoms. The zero-order chi connectivity index (χ0) is 27.8. The van der Waals surface area contributed by atoms with Crippen molar-refractivity contribution >= 4 is 23.8 Å². The molecule has 0 aromatic heterocycles. The lowest BCUT2D eigenvalue weighted by Gasteiger charge is -2.37. The molecule has 0 aromatic carbocycles. The number of fused-ring (bicyclic) bond motifs is 1. The first kappa shape index (κ1) is 26.8. The van der Waals surface area contributed by atoms with E-state index in [4.69, 9.17) is 4.74 Å². The number of nitriles is 1. The minimum absolute atomic E-state index is 0.0340. The van der Waals surface area contributed by atoms with Gasteiger partial charge < -0.3 is 25.6 Å². The highest BCUT2D eigenvalue weighted by molar-refractivity contribution is 5.93. The summed E-state index contributed by atoms with van der Waals surface area (Å²) in [5.41, 5.74) is -1.29. The largest absolute Gasteiger partial charge is 0.443 e. The molecule has 0 radical (unpaired) electrons. The van der Waals surface area contributed by atoms with Crippen molar-refractivity contribution in [2.75, 3.05) is 6.54 Å². The van der Waals surface area contributed by atoms with Gasteiger partial charge in [0.2, 0.25) is 17.7 Å². The molecule has 6 atom stereocenters. The van der Waals surface area contributed by atoms with Gasteiger partial charge in [0.1, 0.15) is 23.7 Å². The smallest absolute Gasteiger partial charge is 0.408 e. The van der Waals surface area contributed by atoms with Crippen LogP contribution in [0.15, 0.2) is 0 Å². The molecule has 38 heavy (non-hydrogen) atoms. The number of likely N-dealkylation sites (tertiary alicyclic amines) is 1. The standard InChI is InChI=1S/C28H41N5O5/c1-25(2,3)20(31-24(37)38-27(6)7-8-27)23(36)33-14-17-18(26(17,4)5)19(33)22(35)30-16(13-29)11-15-12-28(9-10-28)32-21(15)34/h15-20H,7-12,14H2,1-6H3,(H,30,35)(H,31,37)(H,32,34). The van der Waals surface area contributed by atoms with Crippen molar-refractivity contribution in [3.8, 4) is 6.07 Å². The molecule has 3 aliphatic carbocycles. The third-order valence-electron chi connectivity index (χ3n) is 9.67. The van der Waals surface area contributed by atoms with Crippen LogP contribution in [-0.2, 0) is 19.1 Å². The minimum Gasteiger partial charge on any atom is -0.443 e. The summed E-state index contributed by atoms with van der Waals surface area (Å²) in [6, 6.07) is -0.286. The lowest BCUT2D eigenvalue weighted by molar-refractivity contribution is -0.144. The van der Waals surface area contributed by atoms with Crippen LogP contribution in [0.2, 0.25) is 0 Å². The van der Waals surface area contributed by atoms with Crippen molar-refractivity contribution in [1.29, 1.82) is 5.26 Å². The molecule has 208 valence electrons. The summed E-state index contributed by atoms with van der Waals surface area (Å²) in [5.74, 6) is -0.919. The van der Waals surface area contributed by atoms with E-state index in [2.05, 4.69) is 35.9 Å². The van der Waals surface area contributed by atoms with Crippen molar-refractivity contribution in [3.63, 3.8) is 0 Å². The van der Waals surface area contributed by atoms with E-state index >= 15 is 0 Å². The van der Waals surface area contributed by atoms with Crippen LogP contribution in [-0.4, -0.2) is 64.5 Å². The molecular formula is C28H41N5O5. The van der Waals surface area contributed by atoms with E-state index in [1.807, 2.05) is 27.7 Å². The predicted molar refractivity (Wildman–Crippen MR) is 137 cm³/mol. The summed E-state index contributed by atoms with van der Waals surface area (Å²) in [5, 5.41) is 18.5. The maximum atomic E-state index is 13.9. The van der Waals surface area contributed by atoms with Crippen molar-refractivity contribution in [2.24, 2.45) is 28.6 Å². The average molecular weight is 528 g/mol. The molecule has 2 heterocycles. The van der Waals surface area contributed by atoms with Crippen LogP contribution in [0.4, 0.5) is 4.79 Å². The van der Waals surface area contributed by atoms with Gasteiger partial charge in [-0.1, -0.05) is 34.6 Å². The maximum Gasteiger partial charge on any atom is 0.408 e. The van der Waals surface area contributed by atoms with Gasteiger partial charge in [-0.05, 0) is 68.1 Å². The lowest BCUT2D eigenvalue weighted by atomic mass is 9.85. The van der Waals surface area contributed by atoms with E-state index in [0.717, 1.165) is 25.7 Å². The SMILES string of the molecule is CC1(OC(=O)NC(C(=O)N2CC3C(C2C(=O)NC(C#N)CC2CC4(CC4)NC2=O)C3(C)C)C(C)(C)C)CC1. The van der Waals surface area contributed by atoms with Crippen molar-refractivity contribution in [3.05, 3.63) is 0 Å². The van der Waals surface area contributed by atoms with Crippen LogP contribution < -0.4 is 16.0 Å². The predicted octanol–water partition coefficient (Wildman–Crippen LogP) is 2.23. The molecule has 3 saturated carbocycles. The molecule has 10 heteroatoms. The quantitative estimate of drug-likeness (QED) is 0.464. The van der Waals surface area contributed by atoms with Crippen molar-refractivity contribution in [1.82, 2.24) is 20.9 Å². The van der Waals surface area contributed by atoms with Crippen LogP contribution in [0.1, 0.15) is 80.1 Å². The zero-order valence-corrected chi connectivity index (χ0v) is 23.3. The Bertz CT molecular complexity index is 1100. The number of nitrogens with zero attached hydrogens (tertiary/aromatic N) is 2. The van der Waals surface area contributed by atoms with E-state index in [-0.39, 0.29) is 52.8 Å². The molecule has 5 rings (SSSR count). The summed E-state index contributed by atoms with van der Waals surface area (Å²) < 4.78 is 5.51. The Balaban J connectivity index is 1.29. The van der Waals surface area contributed by atoms with Gasteiger partial charge in [-0.25, -0.2) is 4.79 Å². The second kappa shape index (κ2) is 8.59. The molecule has 2 saturated heterocycles. The summed E-state index contributed by atoms with van der Waals surface area (Å²) in [4.78, 5) is 54.2. The van der Waals surface area contributed by atoms with Crippen LogP contribution in [0.3, 0.4) is 0 Å². The molecule has 5 fully saturated rings. The van der Waals surface area contributed by atoms with E-state index in [0.29, 0.717) is 13.0 Å². The number of amides is 4. The first-order valence-electron chi connectivity index (χ1n) is 13.9. The number of carbonyl (C=O) groups excluding carboxylic acids is 4. The van der Waals surface area contributed by atoms with Gasteiger partial charge in [0.05, 0.1) is 6.07 Å². The topological polar surface area (TPSA) is 141 Å². The third-order valence-corrected chi connectivity index (χ3v) is 9.67. The molecule has 3 N–H and O–H groups in total. The second-order valence-electron chi connectivity index (χ2n) is 14.3. The van der Waals surface area contributed by atoms with E-state index in [1.165, 1.54) is 0 Å². The Morgan fingerprint density at radius 3 is 2.34 bits per heavy atom. The fourth-order valence-electron chi connectivity index (χ4n) is 6.61. The van der Waals surface area contributed by atoms with Crippen LogP contribution in [0.25, 0.3) is 0 Å². The van der Waals surface area contributed by atoms with E-state index < -0.39 is 35.2 Å². The zero-order valence-electron chi connectivity index (χ0n) is 23.3. The van der Waals surface area contributed by atoms with E-state index in [1.54, 1.807) is 4.90 Å². The fourth-order valence-corrected chi connectivity index (χ4v) is 6.61. The monoisotopic (exact) mass is 527 g/mol. The Kier molecular flexibility index (Phi) is 6.05. The summed E-state index contributed by atoms with van der Waals surface area (Å²) >= 11 is 0. The molecule has 10 nitrogen and oxygen atoms in total. The number of hydrogen-bond donors (Lipinski definition) is 3. The highest BCUT2D eigenvalue weighted by atomic mass is 16.6. The Morgan fingerprint density at radius 1 is 1.16 bits per heavy atom. The molecule has 0 bridgehead atoms. The van der Waals surface area contributed by atoms with Crippen molar-refractivity contribution < 1.29 is 23.9 Å². The van der Waals surface area contributed by atoms with Gasteiger partial charge in [0.15, 0.2) is 0 Å².